The van der Waals surface area contributed by atoms with Crippen molar-refractivity contribution in [1.82, 2.24) is 20.5 Å². The van der Waals surface area contributed by atoms with Gasteiger partial charge in [-0.05, 0) is 36.0 Å². The molecule has 4 rings (SSSR count). The van der Waals surface area contributed by atoms with E-state index in [0.717, 1.165) is 16.7 Å². The summed E-state index contributed by atoms with van der Waals surface area (Å²) in [4.78, 5) is 45.8. The monoisotopic (exact) mass is 626 g/mol. The van der Waals surface area contributed by atoms with Gasteiger partial charge in [-0.3, -0.25) is 9.59 Å². The van der Waals surface area contributed by atoms with Crippen molar-refractivity contribution in [2.45, 2.75) is 58.3 Å². The van der Waals surface area contributed by atoms with Gasteiger partial charge in [0.15, 0.2) is 11.6 Å². The topological polar surface area (TPSA) is 134 Å². The number of rotatable bonds is 15. The van der Waals surface area contributed by atoms with Crippen molar-refractivity contribution in [3.8, 4) is 0 Å². The van der Waals surface area contributed by atoms with E-state index in [1.54, 1.807) is 0 Å². The van der Waals surface area contributed by atoms with Crippen molar-refractivity contribution >= 4 is 17.9 Å². The number of aliphatic hydroxyl groups excluding tert-OH is 1. The van der Waals surface area contributed by atoms with E-state index in [0.29, 0.717) is 6.42 Å². The first-order valence-electron chi connectivity index (χ1n) is 15.5. The van der Waals surface area contributed by atoms with Crippen LogP contribution in [-0.2, 0) is 22.6 Å². The maximum absolute atomic E-state index is 14.2. The van der Waals surface area contributed by atoms with E-state index in [9.17, 15) is 19.5 Å². The van der Waals surface area contributed by atoms with Gasteiger partial charge in [-0.15, -0.1) is 0 Å². The predicted molar refractivity (Wildman–Crippen MR) is 174 cm³/mol. The summed E-state index contributed by atoms with van der Waals surface area (Å²) in [6.45, 7) is 5.62. The maximum atomic E-state index is 14.2. The van der Waals surface area contributed by atoms with Crippen LogP contribution in [0.4, 0.5) is 4.79 Å². The molecule has 0 fully saturated rings. The zero-order valence-electron chi connectivity index (χ0n) is 26.5. The van der Waals surface area contributed by atoms with Crippen LogP contribution in [0.5, 0.6) is 0 Å². The smallest absolute Gasteiger partial charge is 0.408 e. The molecule has 0 radical (unpaired) electrons. The van der Waals surface area contributed by atoms with E-state index in [1.807, 2.05) is 112 Å². The molecule has 242 valence electrons. The first kappa shape index (κ1) is 33.9. The summed E-state index contributed by atoms with van der Waals surface area (Å²) in [7, 11) is 0. The Morgan fingerprint density at radius 2 is 1.48 bits per heavy atom. The number of amides is 3. The lowest BCUT2D eigenvalue weighted by molar-refractivity contribution is -0.137. The van der Waals surface area contributed by atoms with Gasteiger partial charge in [0, 0.05) is 13.0 Å². The number of aromatic nitrogens is 1. The van der Waals surface area contributed by atoms with Gasteiger partial charge in [0.05, 0.1) is 18.7 Å². The van der Waals surface area contributed by atoms with Crippen LogP contribution in [-0.4, -0.2) is 52.1 Å². The number of alkyl carbamates (subject to hydrolysis) is 1. The van der Waals surface area contributed by atoms with Crippen molar-refractivity contribution in [2.24, 2.45) is 5.92 Å². The number of aliphatic hydroxyl groups is 1. The SMILES string of the molecule is CC(C)CC(NC(=O)OCc1ccccc1)C(=O)N(CCc1nc(C(=O)N[C@H](C)c2ccccc2)co1)C(CO)c1ccccc1. The summed E-state index contributed by atoms with van der Waals surface area (Å²) >= 11 is 0. The Morgan fingerprint density at radius 3 is 2.09 bits per heavy atom. The van der Waals surface area contributed by atoms with Crippen LogP contribution in [0, 0.1) is 5.92 Å². The average molecular weight is 627 g/mol. The molecular weight excluding hydrogens is 584 g/mol. The molecule has 0 saturated carbocycles. The molecule has 3 atom stereocenters. The molecular formula is C36H42N4O6. The first-order valence-corrected chi connectivity index (χ1v) is 15.5. The van der Waals surface area contributed by atoms with Gasteiger partial charge in [-0.1, -0.05) is 105 Å². The second kappa shape index (κ2) is 16.9. The highest BCUT2D eigenvalue weighted by atomic mass is 16.5. The van der Waals surface area contributed by atoms with Crippen LogP contribution in [0.15, 0.2) is 102 Å². The molecule has 1 aromatic heterocycles. The molecule has 46 heavy (non-hydrogen) atoms. The Morgan fingerprint density at radius 1 is 0.870 bits per heavy atom. The molecule has 3 N–H and O–H groups in total. The summed E-state index contributed by atoms with van der Waals surface area (Å²) in [6.07, 6.45) is 1.10. The Kier molecular flexibility index (Phi) is 12.5. The quantitative estimate of drug-likeness (QED) is 0.156. The number of ether oxygens (including phenoxy) is 1. The molecule has 3 aromatic carbocycles. The zero-order chi connectivity index (χ0) is 32.9. The van der Waals surface area contributed by atoms with Crippen LogP contribution in [0.1, 0.15) is 72.3 Å². The number of carbonyl (C=O) groups excluding carboxylic acids is 3. The Balaban J connectivity index is 1.49. The lowest BCUT2D eigenvalue weighted by Gasteiger charge is -2.34. The second-order valence-electron chi connectivity index (χ2n) is 11.5. The number of hydrogen-bond donors (Lipinski definition) is 3. The van der Waals surface area contributed by atoms with Gasteiger partial charge in [-0.25, -0.2) is 9.78 Å². The third-order valence-electron chi connectivity index (χ3n) is 7.52. The number of carbonyl (C=O) groups is 3. The molecule has 2 unspecified atom stereocenters. The van der Waals surface area contributed by atoms with Gasteiger partial charge in [0.25, 0.3) is 5.91 Å². The predicted octanol–water partition coefficient (Wildman–Crippen LogP) is 5.61. The second-order valence-corrected chi connectivity index (χ2v) is 11.5. The van der Waals surface area contributed by atoms with Crippen molar-refractivity contribution in [1.29, 1.82) is 0 Å². The Labute approximate surface area is 269 Å². The van der Waals surface area contributed by atoms with Gasteiger partial charge in [0.1, 0.15) is 18.9 Å². The van der Waals surface area contributed by atoms with E-state index in [1.165, 1.54) is 11.2 Å². The number of oxazole rings is 1. The van der Waals surface area contributed by atoms with E-state index in [2.05, 4.69) is 15.6 Å². The molecule has 0 saturated heterocycles. The molecule has 0 aliphatic carbocycles. The largest absolute Gasteiger partial charge is 0.448 e. The van der Waals surface area contributed by atoms with E-state index in [-0.39, 0.29) is 61.5 Å². The minimum atomic E-state index is -0.911. The first-order chi connectivity index (χ1) is 22.2. The number of nitrogens with one attached hydrogen (secondary N) is 2. The van der Waals surface area contributed by atoms with Crippen molar-refractivity contribution in [3.05, 3.63) is 126 Å². The van der Waals surface area contributed by atoms with Crippen LogP contribution in [0.3, 0.4) is 0 Å². The normalized spacial score (nSPS) is 13.0. The van der Waals surface area contributed by atoms with Crippen molar-refractivity contribution < 1.29 is 28.6 Å². The third-order valence-corrected chi connectivity index (χ3v) is 7.52. The molecule has 0 bridgehead atoms. The highest BCUT2D eigenvalue weighted by Crippen LogP contribution is 2.23. The lowest BCUT2D eigenvalue weighted by Crippen LogP contribution is -2.51. The van der Waals surface area contributed by atoms with Crippen molar-refractivity contribution in [3.63, 3.8) is 0 Å². The molecule has 0 aliphatic heterocycles. The van der Waals surface area contributed by atoms with Crippen LogP contribution in [0.2, 0.25) is 0 Å². The summed E-state index contributed by atoms with van der Waals surface area (Å²) in [5, 5.41) is 16.2. The average Bonchev–Trinajstić information content (AvgIpc) is 3.55. The molecule has 3 amide bonds. The van der Waals surface area contributed by atoms with Gasteiger partial charge < -0.3 is 29.8 Å². The molecule has 4 aromatic rings. The third kappa shape index (κ3) is 9.77. The Hall–Kier alpha value is -4.96. The lowest BCUT2D eigenvalue weighted by atomic mass is 10.00. The fraction of sp³-hybridized carbons (Fsp3) is 0.333. The zero-order valence-corrected chi connectivity index (χ0v) is 26.5. The minimum Gasteiger partial charge on any atom is -0.448 e. The molecule has 10 heteroatoms. The van der Waals surface area contributed by atoms with Crippen LogP contribution in [0.25, 0.3) is 0 Å². The fourth-order valence-electron chi connectivity index (χ4n) is 5.12. The van der Waals surface area contributed by atoms with E-state index < -0.39 is 18.2 Å². The van der Waals surface area contributed by atoms with E-state index >= 15 is 0 Å². The van der Waals surface area contributed by atoms with Gasteiger partial charge in [-0.2, -0.15) is 0 Å². The summed E-state index contributed by atoms with van der Waals surface area (Å²) < 4.78 is 11.0. The Bertz CT molecular complexity index is 1530. The minimum absolute atomic E-state index is 0.0620. The number of benzene rings is 3. The summed E-state index contributed by atoms with van der Waals surface area (Å²) in [6, 6.07) is 26.2. The van der Waals surface area contributed by atoms with Crippen molar-refractivity contribution in [2.75, 3.05) is 13.2 Å². The summed E-state index contributed by atoms with van der Waals surface area (Å²) in [5.74, 6) is -0.433. The molecule has 0 spiro atoms. The highest BCUT2D eigenvalue weighted by Gasteiger charge is 2.32. The number of hydrogen-bond acceptors (Lipinski definition) is 7. The van der Waals surface area contributed by atoms with Crippen LogP contribution >= 0.6 is 0 Å². The maximum Gasteiger partial charge on any atom is 0.408 e. The highest BCUT2D eigenvalue weighted by molar-refractivity contribution is 5.92. The molecule has 0 aliphatic rings. The fourth-order valence-corrected chi connectivity index (χ4v) is 5.12. The van der Waals surface area contributed by atoms with Crippen LogP contribution < -0.4 is 10.6 Å². The van der Waals surface area contributed by atoms with Gasteiger partial charge in [0.2, 0.25) is 5.91 Å². The molecule has 1 heterocycles. The van der Waals surface area contributed by atoms with E-state index in [4.69, 9.17) is 9.15 Å². The summed E-state index contributed by atoms with van der Waals surface area (Å²) in [5.41, 5.74) is 2.63. The van der Waals surface area contributed by atoms with Gasteiger partial charge >= 0.3 is 6.09 Å². The molecule has 10 nitrogen and oxygen atoms in total. The standard InChI is InChI=1S/C36H42N4O6/c1-25(2)21-30(39-36(44)46-23-27-13-7-4-8-14-27)35(43)40(32(22-41)29-17-11-6-12-18-29)20-19-33-38-31(24-45-33)34(42)37-26(3)28-15-9-5-10-16-28/h4-18,24-26,30,32,41H,19-23H2,1-3H3,(H,37,42)(H,39,44)/t26-,30?,32?/m1/s1. The number of nitrogens with zero attached hydrogens (tertiary/aromatic N) is 2.